The molecular formula is C21H26N4O5S. The molecule has 0 bridgehead atoms. The van der Waals surface area contributed by atoms with E-state index in [4.69, 9.17) is 0 Å². The van der Waals surface area contributed by atoms with Gasteiger partial charge in [0.1, 0.15) is 0 Å². The Morgan fingerprint density at radius 1 is 1.10 bits per heavy atom. The van der Waals surface area contributed by atoms with Crippen molar-refractivity contribution in [3.8, 4) is 0 Å². The fourth-order valence-electron chi connectivity index (χ4n) is 3.50. The number of nitrogens with one attached hydrogen (secondary N) is 1. The van der Waals surface area contributed by atoms with E-state index in [9.17, 15) is 23.3 Å². The van der Waals surface area contributed by atoms with Crippen LogP contribution >= 0.6 is 0 Å². The summed E-state index contributed by atoms with van der Waals surface area (Å²) in [4.78, 5) is 24.9. The molecular weight excluding hydrogens is 420 g/mol. The van der Waals surface area contributed by atoms with Crippen molar-refractivity contribution in [1.82, 2.24) is 9.62 Å². The summed E-state index contributed by atoms with van der Waals surface area (Å²) < 4.78 is 26.7. The van der Waals surface area contributed by atoms with Crippen molar-refractivity contribution in [2.45, 2.75) is 13.3 Å². The number of benzene rings is 2. The molecule has 31 heavy (non-hydrogen) atoms. The lowest BCUT2D eigenvalue weighted by Gasteiger charge is -2.35. The first-order chi connectivity index (χ1) is 14.8. The number of nitrogens with zero attached hydrogens (tertiary/aromatic N) is 3. The Hall–Kier alpha value is -2.98. The Morgan fingerprint density at radius 2 is 1.77 bits per heavy atom. The van der Waals surface area contributed by atoms with E-state index in [1.807, 2.05) is 30.3 Å². The van der Waals surface area contributed by atoms with E-state index in [1.54, 1.807) is 6.92 Å². The molecule has 2 aromatic rings. The monoisotopic (exact) mass is 446 g/mol. The van der Waals surface area contributed by atoms with Gasteiger partial charge in [-0.05, 0) is 31.5 Å². The first-order valence-electron chi connectivity index (χ1n) is 10.1. The van der Waals surface area contributed by atoms with E-state index < -0.39 is 20.9 Å². The first-order valence-corrected chi connectivity index (χ1v) is 11.7. The molecule has 2 aromatic carbocycles. The highest BCUT2D eigenvalue weighted by molar-refractivity contribution is 7.89. The molecule has 0 spiro atoms. The molecule has 1 heterocycles. The summed E-state index contributed by atoms with van der Waals surface area (Å²) in [5.74, 6) is -0.524. The van der Waals surface area contributed by atoms with Gasteiger partial charge in [0.15, 0.2) is 0 Å². The number of amides is 1. The van der Waals surface area contributed by atoms with Gasteiger partial charge < -0.3 is 10.2 Å². The van der Waals surface area contributed by atoms with Crippen LogP contribution in [0.5, 0.6) is 0 Å². The van der Waals surface area contributed by atoms with Crippen molar-refractivity contribution >= 4 is 27.3 Å². The molecule has 0 saturated carbocycles. The molecule has 9 nitrogen and oxygen atoms in total. The van der Waals surface area contributed by atoms with Crippen molar-refractivity contribution in [2.24, 2.45) is 0 Å². The summed E-state index contributed by atoms with van der Waals surface area (Å²) in [6.07, 6.45) is 0.265. The Kier molecular flexibility index (Phi) is 7.24. The van der Waals surface area contributed by atoms with Crippen LogP contribution in [-0.2, 0) is 10.0 Å². The van der Waals surface area contributed by atoms with Crippen molar-refractivity contribution in [3.05, 3.63) is 69.8 Å². The maximum Gasteiger partial charge on any atom is 0.273 e. The normalized spacial score (nSPS) is 14.9. The molecule has 10 heteroatoms. The van der Waals surface area contributed by atoms with Crippen LogP contribution in [0.4, 0.5) is 11.4 Å². The van der Waals surface area contributed by atoms with Gasteiger partial charge in [-0.15, -0.1) is 0 Å². The molecule has 0 aromatic heterocycles. The van der Waals surface area contributed by atoms with E-state index in [-0.39, 0.29) is 30.0 Å². The van der Waals surface area contributed by atoms with Crippen LogP contribution < -0.4 is 10.2 Å². The van der Waals surface area contributed by atoms with E-state index in [0.717, 1.165) is 5.69 Å². The Bertz CT molecular complexity index is 1030. The van der Waals surface area contributed by atoms with Gasteiger partial charge in [0.25, 0.3) is 11.6 Å². The van der Waals surface area contributed by atoms with Crippen LogP contribution in [0.2, 0.25) is 0 Å². The minimum atomic E-state index is -3.41. The zero-order valence-corrected chi connectivity index (χ0v) is 18.2. The number of para-hydroxylation sites is 1. The van der Waals surface area contributed by atoms with Crippen molar-refractivity contribution in [2.75, 3.05) is 43.4 Å². The number of hydrogen-bond acceptors (Lipinski definition) is 6. The van der Waals surface area contributed by atoms with Crippen molar-refractivity contribution in [3.63, 3.8) is 0 Å². The fourth-order valence-corrected chi connectivity index (χ4v) is 4.99. The van der Waals surface area contributed by atoms with E-state index in [2.05, 4.69) is 10.2 Å². The number of hydrogen-bond donors (Lipinski definition) is 1. The molecule has 1 aliphatic heterocycles. The standard InChI is InChI=1S/C21H26N4O5S/c1-17-8-9-18(16-20(17)25(27)28)21(26)22-10-5-15-31(29,30)24-13-11-23(12-14-24)19-6-3-2-4-7-19/h2-4,6-9,16H,5,10-15H2,1H3,(H,22,26). The lowest BCUT2D eigenvalue weighted by atomic mass is 10.1. The lowest BCUT2D eigenvalue weighted by Crippen LogP contribution is -2.49. The molecule has 0 unspecified atom stereocenters. The highest BCUT2D eigenvalue weighted by Crippen LogP contribution is 2.19. The molecule has 0 aliphatic carbocycles. The van der Waals surface area contributed by atoms with Crippen LogP contribution in [0.1, 0.15) is 22.3 Å². The highest BCUT2D eigenvalue weighted by Gasteiger charge is 2.26. The number of anilines is 1. The number of sulfonamides is 1. The molecule has 1 fully saturated rings. The van der Waals surface area contributed by atoms with Crippen LogP contribution in [-0.4, -0.2) is 62.0 Å². The average molecular weight is 447 g/mol. The number of carbonyl (C=O) groups is 1. The third kappa shape index (κ3) is 5.80. The van der Waals surface area contributed by atoms with Crippen molar-refractivity contribution in [1.29, 1.82) is 0 Å². The van der Waals surface area contributed by atoms with Gasteiger partial charge in [0.05, 0.1) is 10.7 Å². The SMILES string of the molecule is Cc1ccc(C(=O)NCCCS(=O)(=O)N2CCN(c3ccccc3)CC2)cc1[N+](=O)[O-]. The summed E-state index contributed by atoms with van der Waals surface area (Å²) in [7, 11) is -3.41. The first kappa shape index (κ1) is 22.7. The predicted octanol–water partition coefficient (Wildman–Crippen LogP) is 2.18. The zero-order chi connectivity index (χ0) is 22.4. The summed E-state index contributed by atoms with van der Waals surface area (Å²) in [5, 5.41) is 13.7. The number of carbonyl (C=O) groups excluding carboxylic acids is 1. The summed E-state index contributed by atoms with van der Waals surface area (Å²) in [6, 6.07) is 14.2. The molecule has 1 aliphatic rings. The largest absolute Gasteiger partial charge is 0.369 e. The molecule has 0 atom stereocenters. The molecule has 1 N–H and O–H groups in total. The summed E-state index contributed by atoms with van der Waals surface area (Å²) in [5.41, 5.74) is 1.61. The highest BCUT2D eigenvalue weighted by atomic mass is 32.2. The smallest absolute Gasteiger partial charge is 0.273 e. The molecule has 3 rings (SSSR count). The number of rotatable bonds is 8. The maximum atomic E-state index is 12.6. The van der Waals surface area contributed by atoms with Gasteiger partial charge in [-0.1, -0.05) is 24.3 Å². The number of nitro benzene ring substituents is 1. The van der Waals surface area contributed by atoms with E-state index in [1.165, 1.54) is 22.5 Å². The van der Waals surface area contributed by atoms with Gasteiger partial charge in [-0.2, -0.15) is 4.31 Å². The number of nitro groups is 1. The second kappa shape index (κ2) is 9.88. The van der Waals surface area contributed by atoms with Crippen LogP contribution in [0.25, 0.3) is 0 Å². The van der Waals surface area contributed by atoms with E-state index in [0.29, 0.717) is 31.7 Å². The second-order valence-electron chi connectivity index (χ2n) is 7.41. The zero-order valence-electron chi connectivity index (χ0n) is 17.4. The van der Waals surface area contributed by atoms with Gasteiger partial charge in [-0.3, -0.25) is 14.9 Å². The fraction of sp³-hybridized carbons (Fsp3) is 0.381. The van der Waals surface area contributed by atoms with Gasteiger partial charge in [-0.25, -0.2) is 8.42 Å². The molecule has 0 radical (unpaired) electrons. The molecule has 1 saturated heterocycles. The average Bonchev–Trinajstić information content (AvgIpc) is 2.77. The summed E-state index contributed by atoms with van der Waals surface area (Å²) in [6.45, 7) is 3.89. The molecule has 166 valence electrons. The van der Waals surface area contributed by atoms with Crippen LogP contribution in [0, 0.1) is 17.0 Å². The number of piperazine rings is 1. The maximum absolute atomic E-state index is 12.6. The Labute approximate surface area is 181 Å². The Morgan fingerprint density at radius 3 is 2.42 bits per heavy atom. The topological polar surface area (TPSA) is 113 Å². The lowest BCUT2D eigenvalue weighted by molar-refractivity contribution is -0.385. The quantitative estimate of drug-likeness (QED) is 0.378. The molecule has 1 amide bonds. The minimum Gasteiger partial charge on any atom is -0.369 e. The Balaban J connectivity index is 1.45. The third-order valence-electron chi connectivity index (χ3n) is 5.29. The second-order valence-corrected chi connectivity index (χ2v) is 9.49. The summed E-state index contributed by atoms with van der Waals surface area (Å²) >= 11 is 0. The van der Waals surface area contributed by atoms with Crippen LogP contribution in [0.3, 0.4) is 0 Å². The van der Waals surface area contributed by atoms with E-state index >= 15 is 0 Å². The van der Waals surface area contributed by atoms with Gasteiger partial charge >= 0.3 is 0 Å². The minimum absolute atomic E-state index is 0.0628. The predicted molar refractivity (Wildman–Crippen MR) is 119 cm³/mol. The van der Waals surface area contributed by atoms with Gasteiger partial charge in [0.2, 0.25) is 10.0 Å². The third-order valence-corrected chi connectivity index (χ3v) is 7.24. The number of aryl methyl sites for hydroxylation is 1. The van der Waals surface area contributed by atoms with Crippen LogP contribution in [0.15, 0.2) is 48.5 Å². The van der Waals surface area contributed by atoms with Gasteiger partial charge in [0, 0.05) is 55.6 Å². The van der Waals surface area contributed by atoms with Crippen molar-refractivity contribution < 1.29 is 18.1 Å².